The van der Waals surface area contributed by atoms with Crippen LogP contribution in [0.3, 0.4) is 0 Å². The molecule has 3 rings (SSSR count). The van der Waals surface area contributed by atoms with E-state index in [2.05, 4.69) is 0 Å². The molecule has 27 heavy (non-hydrogen) atoms. The molecule has 0 saturated heterocycles. The lowest BCUT2D eigenvalue weighted by Crippen LogP contribution is -2.34. The van der Waals surface area contributed by atoms with Crippen molar-refractivity contribution in [2.75, 3.05) is 20.8 Å². The lowest BCUT2D eigenvalue weighted by atomic mass is 9.74. The number of hydrogen-bond acceptors (Lipinski definition) is 6. The second-order valence-corrected chi connectivity index (χ2v) is 6.20. The molecule has 1 aromatic heterocycles. The number of hydrogen-bond donors (Lipinski definition) is 0. The summed E-state index contributed by atoms with van der Waals surface area (Å²) in [6.45, 7) is 1.93. The molecular formula is C21H22O6. The fourth-order valence-corrected chi connectivity index (χ4v) is 3.43. The van der Waals surface area contributed by atoms with Crippen LogP contribution in [0.2, 0.25) is 0 Å². The monoisotopic (exact) mass is 370 g/mol. The Hall–Kier alpha value is -3.02. The Labute approximate surface area is 157 Å². The summed E-state index contributed by atoms with van der Waals surface area (Å²) in [5.74, 6) is -0.375. The molecule has 1 aliphatic carbocycles. The molecule has 0 spiro atoms. The molecule has 2 aromatic rings. The molecule has 142 valence electrons. The minimum absolute atomic E-state index is 0.212. The molecule has 0 fully saturated rings. The topological polar surface area (TPSA) is 75.0 Å². The van der Waals surface area contributed by atoms with E-state index in [0.29, 0.717) is 23.7 Å². The predicted octanol–water partition coefficient (Wildman–Crippen LogP) is 3.62. The lowest BCUT2D eigenvalue weighted by molar-refractivity contribution is -0.151. The van der Waals surface area contributed by atoms with Crippen LogP contribution in [-0.2, 0) is 14.3 Å². The molecule has 0 bridgehead atoms. The van der Waals surface area contributed by atoms with Gasteiger partial charge >= 0.3 is 5.97 Å². The van der Waals surface area contributed by atoms with Gasteiger partial charge in [0.25, 0.3) is 0 Å². The molecule has 6 nitrogen and oxygen atoms in total. The molecule has 1 heterocycles. The first kappa shape index (κ1) is 18.8. The lowest BCUT2D eigenvalue weighted by Gasteiger charge is -2.29. The number of ketones is 1. The Morgan fingerprint density at radius 2 is 2.04 bits per heavy atom. The predicted molar refractivity (Wildman–Crippen MR) is 98.7 cm³/mol. The molecule has 6 heteroatoms. The van der Waals surface area contributed by atoms with Crippen LogP contribution < -0.4 is 9.47 Å². The molecule has 0 aliphatic heterocycles. The van der Waals surface area contributed by atoms with Crippen molar-refractivity contribution in [1.82, 2.24) is 0 Å². The van der Waals surface area contributed by atoms with Gasteiger partial charge in [-0.25, -0.2) is 0 Å². The van der Waals surface area contributed by atoms with Crippen LogP contribution in [0.15, 0.2) is 47.1 Å². The average molecular weight is 370 g/mol. The minimum atomic E-state index is -0.925. The number of carbonyl (C=O) groups excluding carboxylic acids is 2. The van der Waals surface area contributed by atoms with Crippen LogP contribution in [0.5, 0.6) is 11.5 Å². The zero-order valence-electron chi connectivity index (χ0n) is 15.6. The van der Waals surface area contributed by atoms with Gasteiger partial charge in [-0.05, 0) is 48.8 Å². The smallest absolute Gasteiger partial charge is 0.317 e. The molecule has 1 aliphatic rings. The third kappa shape index (κ3) is 3.74. The molecule has 1 aromatic carbocycles. The molecule has 0 N–H and O–H groups in total. The van der Waals surface area contributed by atoms with Crippen molar-refractivity contribution in [3.8, 4) is 11.5 Å². The van der Waals surface area contributed by atoms with Crippen molar-refractivity contribution >= 4 is 17.3 Å². The highest BCUT2D eigenvalue weighted by atomic mass is 16.5. The Bertz CT molecular complexity index is 850. The summed E-state index contributed by atoms with van der Waals surface area (Å²) in [6.07, 6.45) is 3.49. The van der Waals surface area contributed by atoms with Crippen LogP contribution in [0.25, 0.3) is 5.57 Å². The van der Waals surface area contributed by atoms with E-state index < -0.39 is 17.8 Å². The van der Waals surface area contributed by atoms with Crippen molar-refractivity contribution in [2.45, 2.75) is 19.3 Å². The van der Waals surface area contributed by atoms with Gasteiger partial charge in [0.1, 0.15) is 23.2 Å². The summed E-state index contributed by atoms with van der Waals surface area (Å²) in [7, 11) is 3.11. The van der Waals surface area contributed by atoms with E-state index in [-0.39, 0.29) is 12.4 Å². The van der Waals surface area contributed by atoms with E-state index in [9.17, 15) is 9.59 Å². The summed E-state index contributed by atoms with van der Waals surface area (Å²) >= 11 is 0. The van der Waals surface area contributed by atoms with Crippen LogP contribution in [0, 0.1) is 5.92 Å². The number of furan rings is 1. The van der Waals surface area contributed by atoms with Crippen LogP contribution >= 0.6 is 0 Å². The van der Waals surface area contributed by atoms with Gasteiger partial charge in [-0.15, -0.1) is 0 Å². The van der Waals surface area contributed by atoms with Gasteiger partial charge in [-0.3, -0.25) is 9.59 Å². The normalized spacial score (nSPS) is 19.4. The van der Waals surface area contributed by atoms with Crippen LogP contribution in [0.1, 0.15) is 30.6 Å². The van der Waals surface area contributed by atoms with Gasteiger partial charge < -0.3 is 18.6 Å². The minimum Gasteiger partial charge on any atom is -0.497 e. The third-order valence-corrected chi connectivity index (χ3v) is 4.68. The Morgan fingerprint density at radius 1 is 1.22 bits per heavy atom. The fraction of sp³-hybridized carbons (Fsp3) is 0.333. The Morgan fingerprint density at radius 3 is 2.67 bits per heavy atom. The van der Waals surface area contributed by atoms with E-state index in [1.807, 2.05) is 6.07 Å². The molecule has 0 amide bonds. The number of ether oxygens (including phenoxy) is 3. The summed E-state index contributed by atoms with van der Waals surface area (Å²) in [6, 6.07) is 8.92. The maximum absolute atomic E-state index is 12.8. The first-order chi connectivity index (χ1) is 13.1. The highest BCUT2D eigenvalue weighted by molar-refractivity contribution is 6.10. The van der Waals surface area contributed by atoms with E-state index >= 15 is 0 Å². The highest BCUT2D eigenvalue weighted by Crippen LogP contribution is 2.44. The maximum Gasteiger partial charge on any atom is 0.317 e. The molecule has 2 unspecified atom stereocenters. The second-order valence-electron chi connectivity index (χ2n) is 6.20. The first-order valence-electron chi connectivity index (χ1n) is 8.75. The van der Waals surface area contributed by atoms with E-state index in [1.54, 1.807) is 51.7 Å². The first-order valence-corrected chi connectivity index (χ1v) is 8.75. The Balaban J connectivity index is 2.07. The summed E-state index contributed by atoms with van der Waals surface area (Å²) in [4.78, 5) is 25.4. The quantitative estimate of drug-likeness (QED) is 0.571. The van der Waals surface area contributed by atoms with Gasteiger partial charge in [0.15, 0.2) is 5.78 Å². The average Bonchev–Trinajstić information content (AvgIpc) is 3.21. The van der Waals surface area contributed by atoms with Gasteiger partial charge in [-0.1, -0.05) is 6.07 Å². The maximum atomic E-state index is 12.8. The van der Waals surface area contributed by atoms with E-state index in [0.717, 1.165) is 11.1 Å². The number of allylic oxidation sites excluding steroid dienone is 2. The third-order valence-electron chi connectivity index (χ3n) is 4.68. The van der Waals surface area contributed by atoms with E-state index in [1.165, 1.54) is 6.08 Å². The van der Waals surface area contributed by atoms with Crippen molar-refractivity contribution in [3.63, 3.8) is 0 Å². The molecule has 0 saturated carbocycles. The number of benzene rings is 1. The van der Waals surface area contributed by atoms with Gasteiger partial charge in [0.05, 0.1) is 27.1 Å². The summed E-state index contributed by atoms with van der Waals surface area (Å²) in [5, 5.41) is 0. The summed E-state index contributed by atoms with van der Waals surface area (Å²) < 4.78 is 21.4. The number of rotatable bonds is 6. The van der Waals surface area contributed by atoms with Crippen LogP contribution in [0.4, 0.5) is 0 Å². The van der Waals surface area contributed by atoms with E-state index in [4.69, 9.17) is 18.6 Å². The van der Waals surface area contributed by atoms with Gasteiger partial charge in [0, 0.05) is 12.0 Å². The van der Waals surface area contributed by atoms with Crippen LogP contribution in [-0.4, -0.2) is 32.6 Å². The molecule has 2 atom stereocenters. The number of methoxy groups -OCH3 is 2. The highest BCUT2D eigenvalue weighted by Gasteiger charge is 2.41. The van der Waals surface area contributed by atoms with Crippen molar-refractivity contribution in [1.29, 1.82) is 0 Å². The number of carbonyl (C=O) groups is 2. The number of esters is 1. The van der Waals surface area contributed by atoms with Gasteiger partial charge in [0.2, 0.25) is 0 Å². The Kier molecular flexibility index (Phi) is 5.64. The van der Waals surface area contributed by atoms with Crippen molar-refractivity contribution in [2.24, 2.45) is 5.92 Å². The van der Waals surface area contributed by atoms with Crippen molar-refractivity contribution < 1.29 is 28.2 Å². The fourth-order valence-electron chi connectivity index (χ4n) is 3.43. The largest absolute Gasteiger partial charge is 0.497 e. The second kappa shape index (κ2) is 8.12. The van der Waals surface area contributed by atoms with Crippen molar-refractivity contribution in [3.05, 3.63) is 54.0 Å². The molecular weight excluding hydrogens is 348 g/mol. The zero-order chi connectivity index (χ0) is 19.4. The zero-order valence-corrected chi connectivity index (χ0v) is 15.6. The standard InChI is InChI=1S/C21H22O6/c1-4-26-21(23)20-16(15-8-7-14(24-2)12-19(15)25-3)10-13(11-17(20)22)18-6-5-9-27-18/h5-9,11-12,16,20H,4,10H2,1-3H3. The summed E-state index contributed by atoms with van der Waals surface area (Å²) in [5.41, 5.74) is 1.50. The van der Waals surface area contributed by atoms with Gasteiger partial charge in [-0.2, -0.15) is 0 Å². The molecule has 0 radical (unpaired) electrons. The SMILES string of the molecule is CCOC(=O)C1C(=O)C=C(c2ccco2)CC1c1ccc(OC)cc1OC.